The summed E-state index contributed by atoms with van der Waals surface area (Å²) in [6.07, 6.45) is 1.83. The molecule has 21 heavy (non-hydrogen) atoms. The summed E-state index contributed by atoms with van der Waals surface area (Å²) < 4.78 is 1.90. The van der Waals surface area contributed by atoms with Crippen LogP contribution in [0.1, 0.15) is 35.1 Å². The second-order valence-electron chi connectivity index (χ2n) is 5.32. The van der Waals surface area contributed by atoms with Gasteiger partial charge in [-0.25, -0.2) is 4.98 Å². The predicted octanol–water partition coefficient (Wildman–Crippen LogP) is 4.01. The van der Waals surface area contributed by atoms with Crippen molar-refractivity contribution in [2.45, 2.75) is 19.8 Å². The minimum absolute atomic E-state index is 0.127. The van der Waals surface area contributed by atoms with Crippen molar-refractivity contribution in [2.75, 3.05) is 5.32 Å². The third-order valence-corrected chi connectivity index (χ3v) is 4.71. The van der Waals surface area contributed by atoms with E-state index in [9.17, 15) is 4.79 Å². The number of carbonyl (C=O) groups excluding carboxylic acids is 1. The number of nitrogens with one attached hydrogen (secondary N) is 1. The van der Waals surface area contributed by atoms with Gasteiger partial charge in [0.15, 0.2) is 5.13 Å². The molecule has 0 aliphatic carbocycles. The molecule has 0 bridgehead atoms. The van der Waals surface area contributed by atoms with Crippen molar-refractivity contribution >= 4 is 33.3 Å². The van der Waals surface area contributed by atoms with Crippen LogP contribution in [-0.4, -0.2) is 15.5 Å². The molecule has 0 saturated carbocycles. The van der Waals surface area contributed by atoms with Gasteiger partial charge in [-0.3, -0.25) is 10.1 Å². The Bertz CT molecular complexity index is 801. The molecule has 2 aromatic heterocycles. The highest BCUT2D eigenvalue weighted by atomic mass is 32.1. The molecule has 3 rings (SSSR count). The molecule has 3 aromatic rings. The molecular formula is C16H17N3OS. The summed E-state index contributed by atoms with van der Waals surface area (Å²) in [5, 5.41) is 4.59. The van der Waals surface area contributed by atoms with Crippen LogP contribution in [0.25, 0.3) is 10.9 Å². The number of anilines is 1. The van der Waals surface area contributed by atoms with Crippen molar-refractivity contribution in [3.8, 4) is 0 Å². The fraction of sp³-hybridized carbons (Fsp3) is 0.250. The maximum absolute atomic E-state index is 12.4. The van der Waals surface area contributed by atoms with E-state index in [1.807, 2.05) is 48.1 Å². The summed E-state index contributed by atoms with van der Waals surface area (Å²) in [7, 11) is 1.90. The van der Waals surface area contributed by atoms with E-state index in [1.54, 1.807) is 0 Å². The molecule has 0 saturated heterocycles. The Morgan fingerprint density at radius 3 is 2.76 bits per heavy atom. The SMILES string of the molecule is CC(C)c1cnc(NC(=O)c2cc3ccccc3n2C)s1. The van der Waals surface area contributed by atoms with Gasteiger partial charge in [-0.2, -0.15) is 0 Å². The fourth-order valence-electron chi connectivity index (χ4n) is 2.28. The van der Waals surface area contributed by atoms with Crippen LogP contribution in [0.3, 0.4) is 0 Å². The van der Waals surface area contributed by atoms with Gasteiger partial charge in [0.25, 0.3) is 5.91 Å². The molecule has 1 N–H and O–H groups in total. The van der Waals surface area contributed by atoms with Crippen molar-refractivity contribution < 1.29 is 4.79 Å². The first-order chi connectivity index (χ1) is 10.1. The largest absolute Gasteiger partial charge is 0.340 e. The average molecular weight is 299 g/mol. The summed E-state index contributed by atoms with van der Waals surface area (Å²) in [6, 6.07) is 9.86. The predicted molar refractivity (Wildman–Crippen MR) is 87.1 cm³/mol. The van der Waals surface area contributed by atoms with Crippen molar-refractivity contribution in [1.82, 2.24) is 9.55 Å². The molecule has 0 fully saturated rings. The first-order valence-electron chi connectivity index (χ1n) is 6.88. The van der Waals surface area contributed by atoms with Crippen molar-refractivity contribution in [1.29, 1.82) is 0 Å². The van der Waals surface area contributed by atoms with Crippen LogP contribution >= 0.6 is 11.3 Å². The molecule has 1 amide bonds. The van der Waals surface area contributed by atoms with E-state index in [4.69, 9.17) is 0 Å². The third-order valence-electron chi connectivity index (χ3n) is 3.50. The van der Waals surface area contributed by atoms with Gasteiger partial charge in [0.2, 0.25) is 0 Å². The van der Waals surface area contributed by atoms with Crippen LogP contribution in [0.15, 0.2) is 36.5 Å². The lowest BCUT2D eigenvalue weighted by atomic mass is 10.2. The standard InChI is InChI=1S/C16H17N3OS/c1-10(2)14-9-17-16(21-14)18-15(20)13-8-11-6-4-5-7-12(11)19(13)3/h4-10H,1-3H3,(H,17,18,20). The van der Waals surface area contributed by atoms with Crippen LogP contribution in [0.5, 0.6) is 0 Å². The number of para-hydroxylation sites is 1. The molecule has 4 nitrogen and oxygen atoms in total. The Hall–Kier alpha value is -2.14. The number of aromatic nitrogens is 2. The minimum Gasteiger partial charge on any atom is -0.340 e. The van der Waals surface area contributed by atoms with Crippen LogP contribution < -0.4 is 5.32 Å². The average Bonchev–Trinajstić information content (AvgIpc) is 3.05. The van der Waals surface area contributed by atoms with E-state index in [2.05, 4.69) is 24.1 Å². The van der Waals surface area contributed by atoms with E-state index in [1.165, 1.54) is 16.2 Å². The first kappa shape index (κ1) is 13.8. The molecule has 0 atom stereocenters. The zero-order chi connectivity index (χ0) is 15.0. The van der Waals surface area contributed by atoms with Crippen LogP contribution in [0, 0.1) is 0 Å². The Balaban J connectivity index is 1.88. The van der Waals surface area contributed by atoms with E-state index in [0.29, 0.717) is 16.7 Å². The molecular weight excluding hydrogens is 282 g/mol. The number of hydrogen-bond acceptors (Lipinski definition) is 3. The molecule has 0 radical (unpaired) electrons. The minimum atomic E-state index is -0.127. The van der Waals surface area contributed by atoms with Gasteiger partial charge in [0, 0.05) is 29.0 Å². The maximum atomic E-state index is 12.4. The molecule has 0 unspecified atom stereocenters. The molecule has 0 aliphatic rings. The third kappa shape index (κ3) is 2.56. The van der Waals surface area contributed by atoms with Gasteiger partial charge in [0.1, 0.15) is 5.69 Å². The number of nitrogens with zero attached hydrogens (tertiary/aromatic N) is 2. The number of benzene rings is 1. The summed E-state index contributed by atoms with van der Waals surface area (Å²) in [5.74, 6) is 0.295. The van der Waals surface area contributed by atoms with Crippen molar-refractivity contribution in [3.05, 3.63) is 47.1 Å². The number of carbonyl (C=O) groups is 1. The highest BCUT2D eigenvalue weighted by Gasteiger charge is 2.15. The Morgan fingerprint density at radius 1 is 1.33 bits per heavy atom. The maximum Gasteiger partial charge on any atom is 0.274 e. The number of aryl methyl sites for hydroxylation is 1. The van der Waals surface area contributed by atoms with Gasteiger partial charge in [0.05, 0.1) is 0 Å². The zero-order valence-corrected chi connectivity index (χ0v) is 13.1. The second kappa shape index (κ2) is 5.33. The Labute approximate surface area is 127 Å². The number of amides is 1. The smallest absolute Gasteiger partial charge is 0.274 e. The van der Waals surface area contributed by atoms with Gasteiger partial charge < -0.3 is 4.57 Å². The molecule has 0 spiro atoms. The highest BCUT2D eigenvalue weighted by Crippen LogP contribution is 2.26. The van der Waals surface area contributed by atoms with Gasteiger partial charge in [-0.05, 0) is 18.1 Å². The summed E-state index contributed by atoms with van der Waals surface area (Å²) in [6.45, 7) is 4.23. The highest BCUT2D eigenvalue weighted by molar-refractivity contribution is 7.15. The van der Waals surface area contributed by atoms with E-state index < -0.39 is 0 Å². The lowest BCUT2D eigenvalue weighted by Crippen LogP contribution is -2.15. The number of rotatable bonds is 3. The summed E-state index contributed by atoms with van der Waals surface area (Å²) >= 11 is 1.52. The van der Waals surface area contributed by atoms with Crippen molar-refractivity contribution in [3.63, 3.8) is 0 Å². The van der Waals surface area contributed by atoms with Crippen LogP contribution in [0.4, 0.5) is 5.13 Å². The van der Waals surface area contributed by atoms with Gasteiger partial charge in [-0.15, -0.1) is 11.3 Å². The molecule has 1 aromatic carbocycles. The monoisotopic (exact) mass is 299 g/mol. The molecule has 0 aliphatic heterocycles. The molecule has 108 valence electrons. The lowest BCUT2D eigenvalue weighted by Gasteiger charge is -2.04. The van der Waals surface area contributed by atoms with E-state index in [0.717, 1.165) is 10.9 Å². The van der Waals surface area contributed by atoms with E-state index in [-0.39, 0.29) is 5.91 Å². The van der Waals surface area contributed by atoms with Crippen molar-refractivity contribution in [2.24, 2.45) is 7.05 Å². The quantitative estimate of drug-likeness (QED) is 0.794. The summed E-state index contributed by atoms with van der Waals surface area (Å²) in [4.78, 5) is 17.9. The summed E-state index contributed by atoms with van der Waals surface area (Å²) in [5.41, 5.74) is 1.68. The zero-order valence-electron chi connectivity index (χ0n) is 12.3. The second-order valence-corrected chi connectivity index (χ2v) is 6.39. The normalized spacial score (nSPS) is 11.2. The van der Waals surface area contributed by atoms with Gasteiger partial charge in [-0.1, -0.05) is 32.0 Å². The first-order valence-corrected chi connectivity index (χ1v) is 7.69. The topological polar surface area (TPSA) is 46.9 Å². The number of thiazole rings is 1. The van der Waals surface area contributed by atoms with E-state index >= 15 is 0 Å². The van der Waals surface area contributed by atoms with Crippen LogP contribution in [-0.2, 0) is 7.05 Å². The Kier molecular flexibility index (Phi) is 3.51. The molecule has 2 heterocycles. The Morgan fingerprint density at radius 2 is 2.10 bits per heavy atom. The van der Waals surface area contributed by atoms with Gasteiger partial charge >= 0.3 is 0 Å². The van der Waals surface area contributed by atoms with Crippen LogP contribution in [0.2, 0.25) is 0 Å². The molecule has 5 heteroatoms. The number of fused-ring (bicyclic) bond motifs is 1. The lowest BCUT2D eigenvalue weighted by molar-refractivity contribution is 0.101. The fourth-order valence-corrected chi connectivity index (χ4v) is 3.09. The number of hydrogen-bond donors (Lipinski definition) is 1.